The molecule has 0 spiro atoms. The van der Waals surface area contributed by atoms with Crippen molar-refractivity contribution in [3.63, 3.8) is 0 Å². The highest BCUT2D eigenvalue weighted by atomic mass is 19.1. The number of hydrogen-bond donors (Lipinski definition) is 0. The Kier molecular flexibility index (Phi) is 4.98. The Labute approximate surface area is 147 Å². The van der Waals surface area contributed by atoms with Gasteiger partial charge in [0, 0.05) is 16.9 Å². The first kappa shape index (κ1) is 17.0. The van der Waals surface area contributed by atoms with E-state index in [1.165, 1.54) is 12.1 Å². The van der Waals surface area contributed by atoms with Crippen LogP contribution >= 0.6 is 0 Å². The van der Waals surface area contributed by atoms with Crippen LogP contribution < -0.4 is 0 Å². The van der Waals surface area contributed by atoms with Gasteiger partial charge in [-0.2, -0.15) is 0 Å². The zero-order chi connectivity index (χ0) is 17.8. The van der Waals surface area contributed by atoms with Gasteiger partial charge in [0.1, 0.15) is 12.4 Å². The van der Waals surface area contributed by atoms with Gasteiger partial charge in [-0.25, -0.2) is 4.39 Å². The summed E-state index contributed by atoms with van der Waals surface area (Å²) in [6, 6.07) is 18.8. The Balaban J connectivity index is 2.23. The average molecular weight is 336 g/mol. The van der Waals surface area contributed by atoms with Gasteiger partial charge < -0.3 is 9.40 Å². The molecule has 0 atom stereocenters. The normalized spacial score (nSPS) is 11.6. The minimum absolute atomic E-state index is 0.258. The molecule has 0 saturated carbocycles. The van der Waals surface area contributed by atoms with Crippen molar-refractivity contribution in [1.82, 2.24) is 4.57 Å². The summed E-state index contributed by atoms with van der Waals surface area (Å²) < 4.78 is 15.8. The predicted octanol–water partition coefficient (Wildman–Crippen LogP) is 5.35. The number of rotatable bonds is 5. The molecule has 3 aromatic rings. The van der Waals surface area contributed by atoms with E-state index in [1.807, 2.05) is 57.2 Å². The van der Waals surface area contributed by atoms with Gasteiger partial charge in [-0.15, -0.1) is 0 Å². The Bertz CT molecular complexity index is 898. The standard InChI is InChI=1S/C21H21FN2O/c1-4-25-23-15(2)20-14-21(17-9-6-5-7-10-17)24(16(20)3)19-12-8-11-18(22)13-19/h5-14H,4H2,1-3H3/b23-15-. The molecule has 0 radical (unpaired) electrons. The Morgan fingerprint density at radius 1 is 1.08 bits per heavy atom. The maximum absolute atomic E-state index is 13.8. The summed E-state index contributed by atoms with van der Waals surface area (Å²) >= 11 is 0. The van der Waals surface area contributed by atoms with Crippen LogP contribution in [0.1, 0.15) is 25.1 Å². The first-order valence-corrected chi connectivity index (χ1v) is 8.32. The summed E-state index contributed by atoms with van der Waals surface area (Å²) in [4.78, 5) is 5.20. The van der Waals surface area contributed by atoms with Gasteiger partial charge in [-0.05, 0) is 50.6 Å². The summed E-state index contributed by atoms with van der Waals surface area (Å²) in [6.45, 7) is 6.35. The minimum Gasteiger partial charge on any atom is -0.396 e. The largest absolute Gasteiger partial charge is 0.396 e. The van der Waals surface area contributed by atoms with E-state index in [1.54, 1.807) is 6.07 Å². The lowest BCUT2D eigenvalue weighted by Crippen LogP contribution is -2.02. The molecular formula is C21H21FN2O. The van der Waals surface area contributed by atoms with Crippen molar-refractivity contribution in [1.29, 1.82) is 0 Å². The van der Waals surface area contributed by atoms with Gasteiger partial charge in [-0.1, -0.05) is 41.6 Å². The first-order valence-electron chi connectivity index (χ1n) is 8.32. The average Bonchev–Trinajstić information content (AvgIpc) is 2.98. The zero-order valence-corrected chi connectivity index (χ0v) is 14.7. The molecule has 0 bridgehead atoms. The monoisotopic (exact) mass is 336 g/mol. The summed E-state index contributed by atoms with van der Waals surface area (Å²) in [6.07, 6.45) is 0. The molecule has 2 aromatic carbocycles. The number of aromatic nitrogens is 1. The highest BCUT2D eigenvalue weighted by Crippen LogP contribution is 2.30. The van der Waals surface area contributed by atoms with Crippen molar-refractivity contribution in [2.24, 2.45) is 5.16 Å². The Morgan fingerprint density at radius 2 is 1.84 bits per heavy atom. The lowest BCUT2D eigenvalue weighted by atomic mass is 10.1. The van der Waals surface area contributed by atoms with Crippen molar-refractivity contribution in [2.45, 2.75) is 20.8 Å². The molecule has 4 heteroatoms. The third kappa shape index (κ3) is 3.48. The van der Waals surface area contributed by atoms with E-state index in [-0.39, 0.29) is 5.82 Å². The van der Waals surface area contributed by atoms with Crippen molar-refractivity contribution >= 4 is 5.71 Å². The third-order valence-corrected chi connectivity index (χ3v) is 4.10. The molecule has 1 aromatic heterocycles. The molecule has 3 nitrogen and oxygen atoms in total. The van der Waals surface area contributed by atoms with Crippen LogP contribution in [0.15, 0.2) is 65.8 Å². The van der Waals surface area contributed by atoms with Gasteiger partial charge in [0.2, 0.25) is 0 Å². The van der Waals surface area contributed by atoms with E-state index < -0.39 is 0 Å². The van der Waals surface area contributed by atoms with Crippen LogP contribution in [-0.4, -0.2) is 16.9 Å². The summed E-state index contributed by atoms with van der Waals surface area (Å²) in [5.74, 6) is -0.258. The van der Waals surface area contributed by atoms with Gasteiger partial charge >= 0.3 is 0 Å². The van der Waals surface area contributed by atoms with Crippen molar-refractivity contribution in [2.75, 3.05) is 6.61 Å². The molecule has 0 aliphatic heterocycles. The fourth-order valence-corrected chi connectivity index (χ4v) is 2.95. The fourth-order valence-electron chi connectivity index (χ4n) is 2.95. The third-order valence-electron chi connectivity index (χ3n) is 4.10. The molecule has 0 aliphatic carbocycles. The van der Waals surface area contributed by atoms with E-state index in [0.29, 0.717) is 6.61 Å². The topological polar surface area (TPSA) is 26.5 Å². The van der Waals surface area contributed by atoms with Gasteiger partial charge in [0.25, 0.3) is 0 Å². The van der Waals surface area contributed by atoms with Crippen LogP contribution in [0.2, 0.25) is 0 Å². The quantitative estimate of drug-likeness (QED) is 0.455. The van der Waals surface area contributed by atoms with Gasteiger partial charge in [0.15, 0.2) is 0 Å². The van der Waals surface area contributed by atoms with Gasteiger partial charge in [-0.3, -0.25) is 0 Å². The molecule has 0 fully saturated rings. The molecule has 0 amide bonds. The number of benzene rings is 2. The summed E-state index contributed by atoms with van der Waals surface area (Å²) in [5.41, 5.74) is 5.61. The maximum atomic E-state index is 13.8. The van der Waals surface area contributed by atoms with Crippen molar-refractivity contribution in [3.8, 4) is 16.9 Å². The van der Waals surface area contributed by atoms with Crippen LogP contribution in [-0.2, 0) is 4.84 Å². The number of halogens is 1. The highest BCUT2D eigenvalue weighted by molar-refractivity contribution is 6.01. The molecule has 25 heavy (non-hydrogen) atoms. The number of oxime groups is 1. The SMILES string of the molecule is CCO/N=C(/C)c1cc(-c2ccccc2)n(-c2cccc(F)c2)c1C. The second kappa shape index (κ2) is 7.34. The number of nitrogens with zero attached hydrogens (tertiary/aromatic N) is 2. The lowest BCUT2D eigenvalue weighted by molar-refractivity contribution is 0.159. The van der Waals surface area contributed by atoms with Gasteiger partial charge in [0.05, 0.1) is 11.4 Å². The molecule has 0 saturated heterocycles. The Hall–Kier alpha value is -2.88. The second-order valence-electron chi connectivity index (χ2n) is 5.80. The number of hydrogen-bond acceptors (Lipinski definition) is 2. The van der Waals surface area contributed by atoms with Crippen LogP contribution in [0.25, 0.3) is 16.9 Å². The van der Waals surface area contributed by atoms with Crippen LogP contribution in [0.5, 0.6) is 0 Å². The molecule has 3 rings (SSSR count). The zero-order valence-electron chi connectivity index (χ0n) is 14.7. The van der Waals surface area contributed by atoms with E-state index in [0.717, 1.165) is 33.9 Å². The molecule has 0 aliphatic rings. The van der Waals surface area contributed by atoms with E-state index in [4.69, 9.17) is 4.84 Å². The molecular weight excluding hydrogens is 315 g/mol. The lowest BCUT2D eigenvalue weighted by Gasteiger charge is -2.12. The van der Waals surface area contributed by atoms with Crippen LogP contribution in [0.3, 0.4) is 0 Å². The van der Waals surface area contributed by atoms with Crippen molar-refractivity contribution < 1.29 is 9.23 Å². The van der Waals surface area contributed by atoms with Crippen molar-refractivity contribution in [3.05, 3.63) is 77.7 Å². The predicted molar refractivity (Wildman–Crippen MR) is 99.7 cm³/mol. The van der Waals surface area contributed by atoms with E-state index >= 15 is 0 Å². The Morgan fingerprint density at radius 3 is 2.52 bits per heavy atom. The van der Waals surface area contributed by atoms with Crippen LogP contribution in [0, 0.1) is 12.7 Å². The van der Waals surface area contributed by atoms with Crippen LogP contribution in [0.4, 0.5) is 4.39 Å². The molecule has 0 unspecified atom stereocenters. The minimum atomic E-state index is -0.258. The summed E-state index contributed by atoms with van der Waals surface area (Å²) in [7, 11) is 0. The highest BCUT2D eigenvalue weighted by Gasteiger charge is 2.17. The first-order chi connectivity index (χ1) is 12.1. The molecule has 0 N–H and O–H groups in total. The van der Waals surface area contributed by atoms with E-state index in [2.05, 4.69) is 15.8 Å². The van der Waals surface area contributed by atoms with E-state index in [9.17, 15) is 4.39 Å². The molecule has 1 heterocycles. The molecule has 128 valence electrons. The smallest absolute Gasteiger partial charge is 0.125 e. The summed E-state index contributed by atoms with van der Waals surface area (Å²) in [5, 5.41) is 4.16. The fraction of sp³-hybridized carbons (Fsp3) is 0.190. The second-order valence-corrected chi connectivity index (χ2v) is 5.80. The maximum Gasteiger partial charge on any atom is 0.125 e.